The lowest BCUT2D eigenvalue weighted by Crippen LogP contribution is -2.62. The molecule has 3 N–H and O–H groups in total. The minimum atomic E-state index is -3.96. The number of rotatable bonds is 11. The van der Waals surface area contributed by atoms with Gasteiger partial charge in [0.25, 0.3) is 15.9 Å². The van der Waals surface area contributed by atoms with Gasteiger partial charge in [-0.3, -0.25) is 9.52 Å². The Balaban J connectivity index is 1.96. The summed E-state index contributed by atoms with van der Waals surface area (Å²) in [6.07, 6.45) is 1.01. The molecule has 9 nitrogen and oxygen atoms in total. The third-order valence-electron chi connectivity index (χ3n) is 6.91. The topological polar surface area (TPSA) is 132 Å². The Kier molecular flexibility index (Phi) is 8.79. The molecule has 10 heteroatoms. The number of quaternary nitrogens is 1. The summed E-state index contributed by atoms with van der Waals surface area (Å²) < 4.78 is 34.0. The fraction of sp³-hybridized carbons (Fsp3) is 0.393. The summed E-state index contributed by atoms with van der Waals surface area (Å²) in [5.41, 5.74) is 8.41. The Morgan fingerprint density at radius 3 is 2.24 bits per heavy atom. The first-order valence-corrected chi connectivity index (χ1v) is 14.1. The summed E-state index contributed by atoms with van der Waals surface area (Å²) in [6, 6.07) is 13.4. The van der Waals surface area contributed by atoms with Gasteiger partial charge in [0.15, 0.2) is 11.9 Å². The van der Waals surface area contributed by atoms with Crippen LogP contribution in [0.25, 0.3) is 11.1 Å². The summed E-state index contributed by atoms with van der Waals surface area (Å²) in [4.78, 5) is 25.7. The van der Waals surface area contributed by atoms with Crippen LogP contribution in [-0.2, 0) is 26.2 Å². The zero-order valence-electron chi connectivity index (χ0n) is 22.8. The standard InChI is InChI=1S/C28H36N4O5S/c1-7-10-25(33)32(6,26(18(2)3)27(29)34)17-21-13-15-22(16-14-21)23-11-8-9-12-24(23)38(35,36)31-28-19(4)20(5)37-30-28/h8-9,11-16,18,26H,7,10,17H2,1-6H3,(H2-,29,30,31,34)/p+1/t26-,32?/m0/s1. The number of primary amides is 1. The van der Waals surface area contributed by atoms with Crippen molar-refractivity contribution in [1.82, 2.24) is 5.16 Å². The lowest BCUT2D eigenvalue weighted by molar-refractivity contribution is -0.868. The van der Waals surface area contributed by atoms with Gasteiger partial charge >= 0.3 is 5.91 Å². The first-order chi connectivity index (χ1) is 17.8. The minimum Gasteiger partial charge on any atom is -0.364 e. The zero-order valence-corrected chi connectivity index (χ0v) is 23.6. The highest BCUT2D eigenvalue weighted by Gasteiger charge is 2.44. The largest absolute Gasteiger partial charge is 0.364 e. The molecule has 3 rings (SSSR count). The van der Waals surface area contributed by atoms with Crippen LogP contribution in [0.5, 0.6) is 0 Å². The van der Waals surface area contributed by atoms with Crippen molar-refractivity contribution in [2.24, 2.45) is 11.7 Å². The SMILES string of the molecule is CCCC(=O)[N+](C)(Cc1ccc(-c2ccccc2S(=O)(=O)Nc2noc(C)c2C)cc1)[C@H](C(N)=O)C(C)C. The molecule has 1 heterocycles. The molecule has 38 heavy (non-hydrogen) atoms. The number of anilines is 1. The third kappa shape index (κ3) is 5.97. The van der Waals surface area contributed by atoms with Crippen LogP contribution in [0.15, 0.2) is 57.9 Å². The summed E-state index contributed by atoms with van der Waals surface area (Å²) in [6.45, 7) is 9.44. The van der Waals surface area contributed by atoms with Crippen molar-refractivity contribution in [1.29, 1.82) is 0 Å². The number of aromatic nitrogens is 1. The quantitative estimate of drug-likeness (QED) is 0.343. The first kappa shape index (κ1) is 29.1. The van der Waals surface area contributed by atoms with Crippen LogP contribution < -0.4 is 10.5 Å². The Morgan fingerprint density at radius 2 is 1.71 bits per heavy atom. The summed E-state index contributed by atoms with van der Waals surface area (Å²) in [5, 5.41) is 3.81. The van der Waals surface area contributed by atoms with E-state index in [1.807, 2.05) is 45.0 Å². The van der Waals surface area contributed by atoms with Gasteiger partial charge < -0.3 is 10.3 Å². The van der Waals surface area contributed by atoms with Gasteiger partial charge in [0.1, 0.15) is 12.3 Å². The molecule has 0 saturated carbocycles. The van der Waals surface area contributed by atoms with E-state index in [4.69, 9.17) is 10.3 Å². The highest BCUT2D eigenvalue weighted by molar-refractivity contribution is 7.92. The van der Waals surface area contributed by atoms with E-state index in [-0.39, 0.29) is 33.6 Å². The molecule has 1 unspecified atom stereocenters. The number of nitrogens with two attached hydrogens (primary N) is 1. The van der Waals surface area contributed by atoms with Crippen molar-refractivity contribution in [3.8, 4) is 11.1 Å². The first-order valence-electron chi connectivity index (χ1n) is 12.6. The van der Waals surface area contributed by atoms with Gasteiger partial charge in [-0.25, -0.2) is 17.7 Å². The van der Waals surface area contributed by atoms with E-state index >= 15 is 0 Å². The van der Waals surface area contributed by atoms with E-state index in [9.17, 15) is 18.0 Å². The second kappa shape index (κ2) is 11.5. The van der Waals surface area contributed by atoms with Gasteiger partial charge in [0.05, 0.1) is 18.4 Å². The molecule has 0 aliphatic carbocycles. The van der Waals surface area contributed by atoms with Crippen molar-refractivity contribution >= 4 is 27.7 Å². The maximum Gasteiger partial charge on any atom is 0.314 e. The van der Waals surface area contributed by atoms with Crippen LogP contribution in [0.4, 0.5) is 5.82 Å². The summed E-state index contributed by atoms with van der Waals surface area (Å²) in [5.74, 6) is 0.00285. The summed E-state index contributed by atoms with van der Waals surface area (Å²) >= 11 is 0. The maximum atomic E-state index is 13.3. The Hall–Kier alpha value is -3.50. The molecule has 0 aliphatic heterocycles. The third-order valence-corrected chi connectivity index (χ3v) is 8.31. The molecule has 0 saturated heterocycles. The number of likely N-dealkylation sites (N-methyl/N-ethyl adjacent to an activating group) is 1. The monoisotopic (exact) mass is 541 g/mol. The van der Waals surface area contributed by atoms with Crippen LogP contribution in [0.1, 0.15) is 50.5 Å². The Bertz CT molecular complexity index is 1410. The normalized spacial score (nSPS) is 14.2. The molecule has 0 fully saturated rings. The van der Waals surface area contributed by atoms with E-state index in [1.54, 1.807) is 39.1 Å². The highest BCUT2D eigenvalue weighted by Crippen LogP contribution is 2.31. The second-order valence-electron chi connectivity index (χ2n) is 10.2. The number of nitrogens with one attached hydrogen (secondary N) is 1. The zero-order chi connectivity index (χ0) is 28.3. The highest BCUT2D eigenvalue weighted by atomic mass is 32.2. The van der Waals surface area contributed by atoms with Crippen molar-refractivity contribution in [2.45, 2.75) is 64.9 Å². The average molecular weight is 542 g/mol. The minimum absolute atomic E-state index is 0.0463. The number of carbonyl (C=O) groups is 2. The van der Waals surface area contributed by atoms with Crippen LogP contribution in [0.2, 0.25) is 0 Å². The smallest absolute Gasteiger partial charge is 0.314 e. The number of carbonyl (C=O) groups excluding carboxylic acids is 2. The fourth-order valence-electron chi connectivity index (χ4n) is 4.88. The van der Waals surface area contributed by atoms with Crippen molar-refractivity contribution in [2.75, 3.05) is 11.8 Å². The summed E-state index contributed by atoms with van der Waals surface area (Å²) in [7, 11) is -2.19. The van der Waals surface area contributed by atoms with Gasteiger partial charge in [-0.05, 0) is 31.9 Å². The molecule has 2 aromatic carbocycles. The lowest BCUT2D eigenvalue weighted by Gasteiger charge is -2.39. The molecular formula is C28H37N4O5S+. The van der Waals surface area contributed by atoms with Gasteiger partial charge in [0, 0.05) is 22.6 Å². The van der Waals surface area contributed by atoms with Crippen molar-refractivity contribution in [3.05, 3.63) is 65.4 Å². The maximum absolute atomic E-state index is 13.3. The van der Waals surface area contributed by atoms with Crippen LogP contribution >= 0.6 is 0 Å². The number of sulfonamides is 1. The molecular weight excluding hydrogens is 504 g/mol. The van der Waals surface area contributed by atoms with Crippen molar-refractivity contribution in [3.63, 3.8) is 0 Å². The van der Waals surface area contributed by atoms with Gasteiger partial charge in [-0.15, -0.1) is 0 Å². The molecule has 0 aliphatic rings. The van der Waals surface area contributed by atoms with Gasteiger partial charge in [-0.1, -0.05) is 68.4 Å². The molecule has 2 atom stereocenters. The number of aryl methyl sites for hydroxylation is 1. The molecule has 2 amide bonds. The van der Waals surface area contributed by atoms with Gasteiger partial charge in [-0.2, -0.15) is 0 Å². The van der Waals surface area contributed by atoms with Crippen LogP contribution in [-0.4, -0.2) is 43.0 Å². The van der Waals surface area contributed by atoms with E-state index in [0.717, 1.165) is 5.56 Å². The van der Waals surface area contributed by atoms with Crippen LogP contribution in [0.3, 0.4) is 0 Å². The number of hydrogen-bond donors (Lipinski definition) is 2. The molecule has 3 aromatic rings. The Morgan fingerprint density at radius 1 is 1.08 bits per heavy atom. The predicted octanol–water partition coefficient (Wildman–Crippen LogP) is 4.54. The second-order valence-corrected chi connectivity index (χ2v) is 11.8. The predicted molar refractivity (Wildman–Crippen MR) is 146 cm³/mol. The van der Waals surface area contributed by atoms with Crippen LogP contribution in [0, 0.1) is 19.8 Å². The Labute approximate surface area is 224 Å². The number of benzene rings is 2. The van der Waals surface area contributed by atoms with Crippen molar-refractivity contribution < 1.29 is 27.0 Å². The van der Waals surface area contributed by atoms with E-state index in [2.05, 4.69) is 9.88 Å². The number of hydrogen-bond acceptors (Lipinski definition) is 6. The molecule has 0 spiro atoms. The average Bonchev–Trinajstić information content (AvgIpc) is 3.15. The molecule has 1 aromatic heterocycles. The van der Waals surface area contributed by atoms with E-state index < -0.39 is 22.0 Å². The lowest BCUT2D eigenvalue weighted by atomic mass is 9.96. The van der Waals surface area contributed by atoms with Gasteiger partial charge in [0.2, 0.25) is 0 Å². The molecule has 0 radical (unpaired) electrons. The van der Waals surface area contributed by atoms with E-state index in [0.29, 0.717) is 35.3 Å². The fourth-order valence-corrected chi connectivity index (χ4v) is 6.17. The number of amides is 2. The molecule has 204 valence electrons. The molecule has 0 bridgehead atoms. The number of nitrogens with zero attached hydrogens (tertiary/aromatic N) is 2. The van der Waals surface area contributed by atoms with E-state index in [1.165, 1.54) is 6.07 Å².